The van der Waals surface area contributed by atoms with Crippen molar-refractivity contribution in [1.82, 2.24) is 0 Å². The van der Waals surface area contributed by atoms with E-state index in [1.165, 1.54) is 12.1 Å². The predicted octanol–water partition coefficient (Wildman–Crippen LogP) is 4.35. The molecule has 0 spiro atoms. The Morgan fingerprint density at radius 3 is 1.74 bits per heavy atom. The minimum atomic E-state index is -4.54. The Labute approximate surface area is 158 Å². The second-order valence-corrected chi connectivity index (χ2v) is 7.50. The number of Topliss-reactive ketones (excluding diaryl/α,β-unsaturated/α-hetero) is 2. The summed E-state index contributed by atoms with van der Waals surface area (Å²) in [4.78, 5) is 24.2. The molecule has 0 unspecified atom stereocenters. The highest BCUT2D eigenvalue weighted by molar-refractivity contribution is 7.85. The number of ketones is 2. The second kappa shape index (κ2) is 8.92. The van der Waals surface area contributed by atoms with Gasteiger partial charge in [-0.25, -0.2) is 8.42 Å². The lowest BCUT2D eigenvalue weighted by molar-refractivity contribution is 0.0981. The summed E-state index contributed by atoms with van der Waals surface area (Å²) in [6.45, 7) is 3.79. The Kier molecular flexibility index (Phi) is 6.87. The van der Waals surface area contributed by atoms with Crippen LogP contribution in [0.4, 0.5) is 0 Å². The molecule has 2 aromatic carbocycles. The first-order chi connectivity index (χ1) is 12.7. The van der Waals surface area contributed by atoms with Crippen molar-refractivity contribution in [3.05, 3.63) is 53.6 Å². The van der Waals surface area contributed by atoms with Gasteiger partial charge >= 0.3 is 0 Å². The van der Waals surface area contributed by atoms with Gasteiger partial charge < -0.3 is 9.29 Å². The van der Waals surface area contributed by atoms with Crippen LogP contribution in [0.25, 0.3) is 0 Å². The first-order valence-electron chi connectivity index (χ1n) is 8.70. The van der Waals surface area contributed by atoms with Gasteiger partial charge in [-0.3, -0.25) is 9.59 Å². The molecular formula is C20H21O6S-. The first kappa shape index (κ1) is 20.8. The molecular weight excluding hydrogens is 368 g/mol. The molecule has 0 bridgehead atoms. The number of hydrogen-bond acceptors (Lipinski definition) is 6. The van der Waals surface area contributed by atoms with Crippen molar-refractivity contribution in [2.75, 3.05) is 0 Å². The fourth-order valence-corrected chi connectivity index (χ4v) is 3.00. The van der Waals surface area contributed by atoms with Crippen molar-refractivity contribution in [2.24, 2.45) is 0 Å². The number of ether oxygens (including phenoxy) is 1. The summed E-state index contributed by atoms with van der Waals surface area (Å²) in [7, 11) is -4.54. The summed E-state index contributed by atoms with van der Waals surface area (Å²) in [5, 5.41) is 0. The maximum absolute atomic E-state index is 12.3. The van der Waals surface area contributed by atoms with Gasteiger partial charge in [0.2, 0.25) is 0 Å². The van der Waals surface area contributed by atoms with Crippen LogP contribution in [-0.2, 0) is 10.1 Å². The monoisotopic (exact) mass is 389 g/mol. The van der Waals surface area contributed by atoms with Crippen molar-refractivity contribution in [1.29, 1.82) is 0 Å². The average Bonchev–Trinajstić information content (AvgIpc) is 2.61. The van der Waals surface area contributed by atoms with E-state index < -0.39 is 10.1 Å². The molecule has 27 heavy (non-hydrogen) atoms. The molecule has 0 aromatic heterocycles. The predicted molar refractivity (Wildman–Crippen MR) is 99.4 cm³/mol. The molecule has 0 radical (unpaired) electrons. The largest absolute Gasteiger partial charge is 0.744 e. The number of hydrogen-bond donors (Lipinski definition) is 0. The van der Waals surface area contributed by atoms with Crippen molar-refractivity contribution in [2.45, 2.75) is 44.4 Å². The summed E-state index contributed by atoms with van der Waals surface area (Å²) in [5.41, 5.74) is 0.792. The molecule has 0 saturated carbocycles. The Balaban J connectivity index is 2.36. The zero-order chi connectivity index (χ0) is 20.0. The summed E-state index contributed by atoms with van der Waals surface area (Å²) in [6, 6.07) is 9.67. The molecule has 2 aromatic rings. The maximum atomic E-state index is 12.3. The van der Waals surface area contributed by atoms with Crippen molar-refractivity contribution in [3.8, 4) is 11.5 Å². The standard InChI is InChI=1S/C20H22O6S/c1-3-5-19(21)14-11-15(20(22)6-4-2)13-17(12-14)26-16-7-9-18(10-8-16)27(23,24)25/h7-13H,3-6H2,1-2H3,(H,23,24,25)/p-1. The third kappa shape index (κ3) is 5.74. The van der Waals surface area contributed by atoms with E-state index in [0.717, 1.165) is 12.1 Å². The van der Waals surface area contributed by atoms with Crippen LogP contribution in [0.5, 0.6) is 11.5 Å². The summed E-state index contributed by atoms with van der Waals surface area (Å²) in [5.74, 6) is 0.424. The molecule has 0 heterocycles. The van der Waals surface area contributed by atoms with Gasteiger partial charge in [-0.15, -0.1) is 0 Å². The van der Waals surface area contributed by atoms with Gasteiger partial charge in [0.25, 0.3) is 0 Å². The number of benzene rings is 2. The van der Waals surface area contributed by atoms with Gasteiger partial charge in [0, 0.05) is 24.0 Å². The van der Waals surface area contributed by atoms with Gasteiger partial charge in [-0.2, -0.15) is 0 Å². The fourth-order valence-electron chi connectivity index (χ4n) is 2.53. The van der Waals surface area contributed by atoms with E-state index in [2.05, 4.69) is 0 Å². The van der Waals surface area contributed by atoms with E-state index in [9.17, 15) is 22.6 Å². The lowest BCUT2D eigenvalue weighted by Gasteiger charge is -2.11. The third-order valence-electron chi connectivity index (χ3n) is 3.85. The van der Waals surface area contributed by atoms with Gasteiger partial charge in [0.1, 0.15) is 21.6 Å². The maximum Gasteiger partial charge on any atom is 0.163 e. The van der Waals surface area contributed by atoms with Crippen LogP contribution in [0.15, 0.2) is 47.4 Å². The Hall–Kier alpha value is -2.51. The molecule has 6 nitrogen and oxygen atoms in total. The number of carbonyl (C=O) groups excluding carboxylic acids is 2. The van der Waals surface area contributed by atoms with Crippen molar-refractivity contribution in [3.63, 3.8) is 0 Å². The van der Waals surface area contributed by atoms with E-state index in [-0.39, 0.29) is 22.2 Å². The molecule has 0 aliphatic carbocycles. The molecule has 2 rings (SSSR count). The normalized spacial score (nSPS) is 11.2. The second-order valence-electron chi connectivity index (χ2n) is 6.12. The molecule has 0 saturated heterocycles. The van der Waals surface area contributed by atoms with E-state index in [1.807, 2.05) is 13.8 Å². The molecule has 144 valence electrons. The van der Waals surface area contributed by atoms with Crippen LogP contribution in [0.1, 0.15) is 60.2 Å². The van der Waals surface area contributed by atoms with Crippen LogP contribution in [0, 0.1) is 0 Å². The highest BCUT2D eigenvalue weighted by atomic mass is 32.2. The molecule has 0 fully saturated rings. The lowest BCUT2D eigenvalue weighted by Crippen LogP contribution is -2.04. The van der Waals surface area contributed by atoms with Gasteiger partial charge in [0.05, 0.1) is 4.90 Å². The smallest absolute Gasteiger partial charge is 0.163 e. The molecule has 0 amide bonds. The fraction of sp³-hybridized carbons (Fsp3) is 0.300. The van der Waals surface area contributed by atoms with Crippen LogP contribution in [0.3, 0.4) is 0 Å². The Morgan fingerprint density at radius 2 is 1.33 bits per heavy atom. The minimum absolute atomic E-state index is 0.0821. The SMILES string of the molecule is CCCC(=O)c1cc(Oc2ccc(S(=O)(=O)[O-])cc2)cc(C(=O)CCC)c1. The zero-order valence-electron chi connectivity index (χ0n) is 15.2. The molecule has 0 aliphatic heterocycles. The summed E-state index contributed by atoms with van der Waals surface area (Å²) >= 11 is 0. The Bertz CT molecular complexity index is 893. The highest BCUT2D eigenvalue weighted by Crippen LogP contribution is 2.26. The summed E-state index contributed by atoms with van der Waals surface area (Å²) < 4.78 is 38.7. The average molecular weight is 389 g/mol. The molecule has 7 heteroatoms. The van der Waals surface area contributed by atoms with E-state index in [0.29, 0.717) is 42.6 Å². The van der Waals surface area contributed by atoms with Crippen molar-refractivity contribution >= 4 is 21.7 Å². The van der Waals surface area contributed by atoms with Gasteiger partial charge in [-0.05, 0) is 55.3 Å². The van der Waals surface area contributed by atoms with E-state index in [4.69, 9.17) is 4.74 Å². The quantitative estimate of drug-likeness (QED) is 0.467. The van der Waals surface area contributed by atoms with E-state index in [1.54, 1.807) is 18.2 Å². The highest BCUT2D eigenvalue weighted by Gasteiger charge is 2.14. The lowest BCUT2D eigenvalue weighted by atomic mass is 10.00. The number of rotatable bonds is 9. The molecule has 0 aliphatic rings. The van der Waals surface area contributed by atoms with Crippen LogP contribution in [0.2, 0.25) is 0 Å². The minimum Gasteiger partial charge on any atom is -0.744 e. The first-order valence-corrected chi connectivity index (χ1v) is 10.1. The van der Waals surface area contributed by atoms with Gasteiger partial charge in [0.15, 0.2) is 11.6 Å². The van der Waals surface area contributed by atoms with Crippen LogP contribution >= 0.6 is 0 Å². The van der Waals surface area contributed by atoms with E-state index >= 15 is 0 Å². The van der Waals surface area contributed by atoms with Crippen LogP contribution < -0.4 is 4.74 Å². The number of carbonyl (C=O) groups is 2. The topological polar surface area (TPSA) is 101 Å². The summed E-state index contributed by atoms with van der Waals surface area (Å²) in [6.07, 6.45) is 2.10. The molecule has 0 atom stereocenters. The molecule has 0 N–H and O–H groups in total. The zero-order valence-corrected chi connectivity index (χ0v) is 16.0. The third-order valence-corrected chi connectivity index (χ3v) is 4.70. The Morgan fingerprint density at radius 1 is 0.852 bits per heavy atom. The van der Waals surface area contributed by atoms with Crippen LogP contribution in [-0.4, -0.2) is 24.5 Å². The van der Waals surface area contributed by atoms with Crippen molar-refractivity contribution < 1.29 is 27.3 Å². The van der Waals surface area contributed by atoms with Gasteiger partial charge in [-0.1, -0.05) is 13.8 Å².